The first-order valence-corrected chi connectivity index (χ1v) is 11.9. The molecule has 2 N–H and O–H groups in total. The molecule has 2 amide bonds. The molecule has 174 valence electrons. The fourth-order valence-corrected chi connectivity index (χ4v) is 4.18. The molecule has 8 nitrogen and oxygen atoms in total. The van der Waals surface area contributed by atoms with Gasteiger partial charge in [-0.2, -0.15) is 0 Å². The minimum atomic E-state index is -0.420. The topological polar surface area (TPSA) is 92.1 Å². The summed E-state index contributed by atoms with van der Waals surface area (Å²) in [6.07, 6.45) is 0.877. The van der Waals surface area contributed by atoms with Crippen molar-refractivity contribution in [3.63, 3.8) is 0 Å². The minimum absolute atomic E-state index is 0.0760. The normalized spacial score (nSPS) is 11.9. The Morgan fingerprint density at radius 3 is 2.39 bits per heavy atom. The summed E-state index contributed by atoms with van der Waals surface area (Å²) < 4.78 is 2.05. The lowest BCUT2D eigenvalue weighted by molar-refractivity contribution is -0.119. The predicted octanol–water partition coefficient (Wildman–Crippen LogP) is 3.55. The largest absolute Gasteiger partial charge is 0.300 e. The zero-order valence-electron chi connectivity index (χ0n) is 18.8. The highest BCUT2D eigenvalue weighted by Crippen LogP contribution is 2.26. The van der Waals surface area contributed by atoms with Gasteiger partial charge in [0.2, 0.25) is 5.91 Å². The molecule has 1 heterocycles. The molecule has 10 heteroatoms. The number of hydrogen-bond acceptors (Lipinski definition) is 6. The van der Waals surface area contributed by atoms with Crippen LogP contribution in [-0.4, -0.2) is 51.3 Å². The van der Waals surface area contributed by atoms with Gasteiger partial charge in [0.05, 0.1) is 18.3 Å². The number of hydrogen-bond donors (Lipinski definition) is 2. The number of carbonyl (C=O) groups is 2. The van der Waals surface area contributed by atoms with Crippen LogP contribution in [0.5, 0.6) is 0 Å². The monoisotopic (exact) mass is 486 g/mol. The van der Waals surface area contributed by atoms with Crippen LogP contribution in [0.2, 0.25) is 5.02 Å². The first-order valence-electron chi connectivity index (χ1n) is 10.5. The van der Waals surface area contributed by atoms with E-state index in [1.54, 1.807) is 24.3 Å². The molecule has 1 atom stereocenters. The molecule has 0 radical (unpaired) electrons. The third-order valence-corrected chi connectivity index (χ3v) is 6.21. The van der Waals surface area contributed by atoms with Gasteiger partial charge in [0.1, 0.15) is 0 Å². The van der Waals surface area contributed by atoms with Crippen molar-refractivity contribution in [3.05, 3.63) is 76.6 Å². The van der Waals surface area contributed by atoms with Crippen LogP contribution in [0.4, 0.5) is 0 Å². The van der Waals surface area contributed by atoms with E-state index < -0.39 is 5.91 Å². The van der Waals surface area contributed by atoms with Crippen LogP contribution in [-0.2, 0) is 11.3 Å². The second-order valence-electron chi connectivity index (χ2n) is 7.60. The zero-order chi connectivity index (χ0) is 23.8. The van der Waals surface area contributed by atoms with Crippen LogP contribution in [0.3, 0.4) is 0 Å². The maximum absolute atomic E-state index is 12.3. The molecule has 0 aliphatic rings. The standard InChI is InChI=1S/C23H27ClN6O2S/c1-4-19(29(2)3)21-26-28-23(30(21)14-16-8-6-5-7-9-16)33-15-20(31)25-27-22(32)17-10-12-18(24)13-11-17/h5-13,19H,4,14-15H2,1-3H3,(H,25,31)(H,27,32)/t19-/m0/s1. The van der Waals surface area contributed by atoms with Crippen LogP contribution in [0.25, 0.3) is 0 Å². The number of aromatic nitrogens is 3. The Hall–Kier alpha value is -2.88. The summed E-state index contributed by atoms with van der Waals surface area (Å²) in [6, 6.07) is 16.6. The van der Waals surface area contributed by atoms with Crippen molar-refractivity contribution in [3.8, 4) is 0 Å². The van der Waals surface area contributed by atoms with E-state index in [1.807, 2.05) is 49.0 Å². The summed E-state index contributed by atoms with van der Waals surface area (Å²) in [5.74, 6) is 0.159. The van der Waals surface area contributed by atoms with Crippen molar-refractivity contribution in [2.24, 2.45) is 0 Å². The van der Waals surface area contributed by atoms with Gasteiger partial charge < -0.3 is 4.57 Å². The lowest BCUT2D eigenvalue weighted by Crippen LogP contribution is -2.42. The van der Waals surface area contributed by atoms with Gasteiger partial charge in [0.15, 0.2) is 11.0 Å². The second-order valence-corrected chi connectivity index (χ2v) is 8.98. The molecule has 3 aromatic rings. The van der Waals surface area contributed by atoms with Crippen LogP contribution < -0.4 is 10.9 Å². The number of thioether (sulfide) groups is 1. The lowest BCUT2D eigenvalue weighted by atomic mass is 10.2. The number of hydrazine groups is 1. The lowest BCUT2D eigenvalue weighted by Gasteiger charge is -2.23. The van der Waals surface area contributed by atoms with Gasteiger partial charge in [-0.05, 0) is 50.3 Å². The summed E-state index contributed by atoms with van der Waals surface area (Å²) in [4.78, 5) is 26.6. The number of nitrogens with one attached hydrogen (secondary N) is 2. The van der Waals surface area contributed by atoms with Gasteiger partial charge in [-0.3, -0.25) is 25.3 Å². The molecular weight excluding hydrogens is 460 g/mol. The Morgan fingerprint density at radius 1 is 1.06 bits per heavy atom. The van der Waals surface area contributed by atoms with Crippen molar-refractivity contribution in [1.82, 2.24) is 30.5 Å². The highest BCUT2D eigenvalue weighted by molar-refractivity contribution is 7.99. The van der Waals surface area contributed by atoms with Gasteiger partial charge in [0.25, 0.3) is 5.91 Å². The molecule has 3 rings (SSSR count). The first kappa shape index (κ1) is 24.8. The molecule has 0 aliphatic heterocycles. The SMILES string of the molecule is CC[C@@H](c1nnc(SCC(=O)NNC(=O)c2ccc(Cl)cc2)n1Cc1ccccc1)N(C)C. The van der Waals surface area contributed by atoms with Crippen LogP contribution in [0.1, 0.15) is 41.1 Å². The summed E-state index contributed by atoms with van der Waals surface area (Å²) >= 11 is 7.11. The molecule has 0 aliphatic carbocycles. The number of amides is 2. The molecule has 0 fully saturated rings. The first-order chi connectivity index (χ1) is 15.9. The van der Waals surface area contributed by atoms with Crippen molar-refractivity contribution in [1.29, 1.82) is 0 Å². The van der Waals surface area contributed by atoms with Crippen molar-refractivity contribution < 1.29 is 9.59 Å². The molecule has 0 spiro atoms. The molecule has 0 unspecified atom stereocenters. The van der Waals surface area contributed by atoms with Gasteiger partial charge in [0, 0.05) is 10.6 Å². The number of nitrogens with zero attached hydrogens (tertiary/aromatic N) is 4. The maximum Gasteiger partial charge on any atom is 0.269 e. The highest BCUT2D eigenvalue weighted by Gasteiger charge is 2.22. The van der Waals surface area contributed by atoms with Gasteiger partial charge in [-0.15, -0.1) is 10.2 Å². The van der Waals surface area contributed by atoms with Crippen LogP contribution >= 0.6 is 23.4 Å². The van der Waals surface area contributed by atoms with E-state index in [9.17, 15) is 9.59 Å². The van der Waals surface area contributed by atoms with Crippen molar-refractivity contribution >= 4 is 35.2 Å². The molecule has 0 bridgehead atoms. The summed E-state index contributed by atoms with van der Waals surface area (Å²) in [7, 11) is 4.03. The number of carbonyl (C=O) groups excluding carboxylic acids is 2. The van der Waals surface area contributed by atoms with E-state index in [0.29, 0.717) is 22.3 Å². The molecule has 33 heavy (non-hydrogen) atoms. The highest BCUT2D eigenvalue weighted by atomic mass is 35.5. The zero-order valence-corrected chi connectivity index (χ0v) is 20.4. The summed E-state index contributed by atoms with van der Waals surface area (Å²) in [5, 5.41) is 9.98. The van der Waals surface area contributed by atoms with Crippen molar-refractivity contribution in [2.75, 3.05) is 19.8 Å². The molecule has 2 aromatic carbocycles. The smallest absolute Gasteiger partial charge is 0.269 e. The maximum atomic E-state index is 12.3. The fourth-order valence-electron chi connectivity index (χ4n) is 3.31. The van der Waals surface area contributed by atoms with Crippen LogP contribution in [0, 0.1) is 0 Å². The van der Waals surface area contributed by atoms with E-state index in [1.165, 1.54) is 11.8 Å². The van der Waals surface area contributed by atoms with E-state index in [0.717, 1.165) is 17.8 Å². The molecular formula is C23H27ClN6O2S. The number of rotatable bonds is 9. The Morgan fingerprint density at radius 2 is 1.76 bits per heavy atom. The third-order valence-electron chi connectivity index (χ3n) is 4.99. The van der Waals surface area contributed by atoms with E-state index in [2.05, 4.69) is 32.9 Å². The Kier molecular flexibility index (Phi) is 8.87. The quantitative estimate of drug-likeness (QED) is 0.355. The van der Waals surface area contributed by atoms with Gasteiger partial charge >= 0.3 is 0 Å². The molecule has 0 saturated carbocycles. The average Bonchev–Trinajstić information content (AvgIpc) is 3.19. The third kappa shape index (κ3) is 6.80. The van der Waals surface area contributed by atoms with Gasteiger partial charge in [-0.1, -0.05) is 60.6 Å². The second kappa shape index (κ2) is 11.8. The van der Waals surface area contributed by atoms with Gasteiger partial charge in [-0.25, -0.2) is 0 Å². The molecule has 1 aromatic heterocycles. The molecule has 0 saturated heterocycles. The summed E-state index contributed by atoms with van der Waals surface area (Å²) in [5.41, 5.74) is 6.36. The number of benzene rings is 2. The number of halogens is 1. The van der Waals surface area contributed by atoms with E-state index in [4.69, 9.17) is 11.6 Å². The Balaban J connectivity index is 1.66. The summed E-state index contributed by atoms with van der Waals surface area (Å²) in [6.45, 7) is 2.71. The van der Waals surface area contributed by atoms with Crippen molar-refractivity contribution in [2.45, 2.75) is 31.1 Å². The predicted molar refractivity (Wildman–Crippen MR) is 130 cm³/mol. The Bertz CT molecular complexity index is 1070. The van der Waals surface area contributed by atoms with E-state index >= 15 is 0 Å². The fraction of sp³-hybridized carbons (Fsp3) is 0.304. The Labute approximate surface area is 202 Å². The van der Waals surface area contributed by atoms with Crippen LogP contribution in [0.15, 0.2) is 59.8 Å². The average molecular weight is 487 g/mol. The minimum Gasteiger partial charge on any atom is -0.300 e. The van der Waals surface area contributed by atoms with E-state index in [-0.39, 0.29) is 17.7 Å².